The lowest BCUT2D eigenvalue weighted by molar-refractivity contribution is -0.142. The summed E-state index contributed by atoms with van der Waals surface area (Å²) in [6.07, 6.45) is -4.20. The first kappa shape index (κ1) is 17.6. The number of hydrogen-bond donors (Lipinski definition) is 1. The van der Waals surface area contributed by atoms with Crippen LogP contribution in [0.2, 0.25) is 0 Å². The van der Waals surface area contributed by atoms with E-state index in [2.05, 4.69) is 10.1 Å². The van der Waals surface area contributed by atoms with Crippen molar-refractivity contribution in [2.75, 3.05) is 13.7 Å². The molecular formula is C13H15ClF3NO3. The van der Waals surface area contributed by atoms with Crippen molar-refractivity contribution in [3.63, 3.8) is 0 Å². The molecule has 1 aromatic rings. The van der Waals surface area contributed by atoms with Crippen molar-refractivity contribution in [1.82, 2.24) is 5.32 Å². The Morgan fingerprint density at radius 1 is 1.29 bits per heavy atom. The number of alkyl halides is 3. The van der Waals surface area contributed by atoms with Gasteiger partial charge in [-0.3, -0.25) is 4.79 Å². The van der Waals surface area contributed by atoms with Crippen LogP contribution in [0.1, 0.15) is 12.0 Å². The van der Waals surface area contributed by atoms with E-state index in [1.165, 1.54) is 19.2 Å². The van der Waals surface area contributed by atoms with Gasteiger partial charge in [-0.15, -0.1) is 12.4 Å². The fourth-order valence-electron chi connectivity index (χ4n) is 2.03. The fraction of sp³-hybridized carbons (Fsp3) is 0.462. The van der Waals surface area contributed by atoms with Crippen LogP contribution >= 0.6 is 12.4 Å². The van der Waals surface area contributed by atoms with Crippen LogP contribution in [0.15, 0.2) is 24.3 Å². The zero-order valence-corrected chi connectivity index (χ0v) is 12.0. The van der Waals surface area contributed by atoms with Crippen LogP contribution in [-0.4, -0.2) is 31.8 Å². The van der Waals surface area contributed by atoms with E-state index < -0.39 is 17.8 Å². The van der Waals surface area contributed by atoms with Gasteiger partial charge in [0, 0.05) is 13.0 Å². The summed E-state index contributed by atoms with van der Waals surface area (Å²) < 4.78 is 47.3. The lowest BCUT2D eigenvalue weighted by atomic mass is 10.2. The van der Waals surface area contributed by atoms with Crippen LogP contribution in [-0.2, 0) is 15.7 Å². The monoisotopic (exact) mass is 325 g/mol. The first-order valence-corrected chi connectivity index (χ1v) is 6.05. The molecule has 0 spiro atoms. The highest BCUT2D eigenvalue weighted by Crippen LogP contribution is 2.30. The molecule has 4 nitrogen and oxygen atoms in total. The third-order valence-corrected chi connectivity index (χ3v) is 3.06. The molecule has 21 heavy (non-hydrogen) atoms. The summed E-state index contributed by atoms with van der Waals surface area (Å²) in [5, 5.41) is 2.93. The van der Waals surface area contributed by atoms with Crippen molar-refractivity contribution in [2.45, 2.75) is 24.7 Å². The minimum Gasteiger partial charge on any atom is -0.489 e. The average molecular weight is 326 g/mol. The summed E-state index contributed by atoms with van der Waals surface area (Å²) in [5.41, 5.74) is -0.721. The molecule has 1 saturated heterocycles. The van der Waals surface area contributed by atoms with Crippen LogP contribution in [0.25, 0.3) is 0 Å². The maximum atomic E-state index is 12.4. The van der Waals surface area contributed by atoms with Gasteiger partial charge >= 0.3 is 12.1 Å². The van der Waals surface area contributed by atoms with Gasteiger partial charge in [0.15, 0.2) is 0 Å². The van der Waals surface area contributed by atoms with Crippen molar-refractivity contribution in [1.29, 1.82) is 0 Å². The molecule has 1 aliphatic rings. The van der Waals surface area contributed by atoms with Gasteiger partial charge in [-0.2, -0.15) is 13.2 Å². The smallest absolute Gasteiger partial charge is 0.416 e. The topological polar surface area (TPSA) is 47.6 Å². The van der Waals surface area contributed by atoms with Gasteiger partial charge in [0.05, 0.1) is 12.7 Å². The van der Waals surface area contributed by atoms with Gasteiger partial charge in [0.25, 0.3) is 0 Å². The van der Waals surface area contributed by atoms with E-state index in [4.69, 9.17) is 4.74 Å². The molecule has 2 rings (SSSR count). The number of benzene rings is 1. The highest BCUT2D eigenvalue weighted by Gasteiger charge is 2.32. The van der Waals surface area contributed by atoms with Crippen LogP contribution < -0.4 is 10.1 Å². The van der Waals surface area contributed by atoms with E-state index in [0.717, 1.165) is 12.1 Å². The fourth-order valence-corrected chi connectivity index (χ4v) is 2.03. The van der Waals surface area contributed by atoms with E-state index in [-0.39, 0.29) is 24.5 Å². The van der Waals surface area contributed by atoms with Gasteiger partial charge in [-0.05, 0) is 24.3 Å². The Hall–Kier alpha value is -1.47. The normalized spacial score (nSPS) is 21.5. The molecule has 1 N–H and O–H groups in total. The number of esters is 1. The molecule has 8 heteroatoms. The molecule has 0 radical (unpaired) electrons. The third kappa shape index (κ3) is 4.50. The summed E-state index contributed by atoms with van der Waals surface area (Å²) in [7, 11) is 1.30. The Bertz CT molecular complexity index is 479. The van der Waals surface area contributed by atoms with Gasteiger partial charge in [0.2, 0.25) is 0 Å². The van der Waals surface area contributed by atoms with Crippen molar-refractivity contribution in [3.05, 3.63) is 29.8 Å². The van der Waals surface area contributed by atoms with Crippen LogP contribution in [0.3, 0.4) is 0 Å². The average Bonchev–Trinajstić information content (AvgIpc) is 2.86. The maximum Gasteiger partial charge on any atom is 0.416 e. The minimum absolute atomic E-state index is 0. The zero-order chi connectivity index (χ0) is 14.8. The standard InChI is InChI=1S/C13H14F3NO3.ClH/c1-19-12(18)11-6-10(7-17-11)20-9-4-2-8(3-5-9)13(14,15)16;/h2-5,10-11,17H,6-7H2,1H3;1H/t10-,11-;/m0./s1. The molecule has 2 atom stereocenters. The lowest BCUT2D eigenvalue weighted by Gasteiger charge is -2.13. The predicted octanol–water partition coefficient (Wildman–Crippen LogP) is 2.41. The highest BCUT2D eigenvalue weighted by molar-refractivity contribution is 5.85. The number of methoxy groups -OCH3 is 1. The number of hydrogen-bond acceptors (Lipinski definition) is 4. The third-order valence-electron chi connectivity index (χ3n) is 3.06. The Morgan fingerprint density at radius 2 is 1.90 bits per heavy atom. The summed E-state index contributed by atoms with van der Waals surface area (Å²) in [5.74, 6) is -0.0289. The van der Waals surface area contributed by atoms with Crippen molar-refractivity contribution >= 4 is 18.4 Å². The Morgan fingerprint density at radius 3 is 2.43 bits per heavy atom. The summed E-state index contributed by atoms with van der Waals surface area (Å²) in [6, 6.07) is 4.05. The molecule has 1 fully saturated rings. The van der Waals surface area contributed by atoms with Crippen molar-refractivity contribution in [3.8, 4) is 5.75 Å². The molecule has 0 amide bonds. The molecular weight excluding hydrogens is 311 g/mol. The van der Waals surface area contributed by atoms with Crippen molar-refractivity contribution in [2.24, 2.45) is 0 Å². The predicted molar refractivity (Wildman–Crippen MR) is 71.5 cm³/mol. The first-order chi connectivity index (χ1) is 9.40. The van der Waals surface area contributed by atoms with E-state index >= 15 is 0 Å². The van der Waals surface area contributed by atoms with Gasteiger partial charge in [-0.25, -0.2) is 0 Å². The highest BCUT2D eigenvalue weighted by atomic mass is 35.5. The SMILES string of the molecule is COC(=O)[C@@H]1C[C@H](Oc2ccc(C(F)(F)F)cc2)CN1.Cl. The summed E-state index contributed by atoms with van der Waals surface area (Å²) in [6.45, 7) is 0.445. The Balaban J connectivity index is 0.00000220. The van der Waals surface area contributed by atoms with Crippen LogP contribution in [0, 0.1) is 0 Å². The molecule has 0 aliphatic carbocycles. The number of nitrogens with one attached hydrogen (secondary N) is 1. The Kier molecular flexibility index (Phi) is 5.86. The molecule has 1 aromatic carbocycles. The van der Waals surface area contributed by atoms with Gasteiger partial charge < -0.3 is 14.8 Å². The van der Waals surface area contributed by atoms with E-state index in [1.54, 1.807) is 0 Å². The van der Waals surface area contributed by atoms with Crippen LogP contribution in [0.4, 0.5) is 13.2 Å². The first-order valence-electron chi connectivity index (χ1n) is 6.05. The number of carbonyl (C=O) groups excluding carboxylic acids is 1. The van der Waals surface area contributed by atoms with Gasteiger partial charge in [0.1, 0.15) is 17.9 Å². The lowest BCUT2D eigenvalue weighted by Crippen LogP contribution is -2.31. The van der Waals surface area contributed by atoms with E-state index in [0.29, 0.717) is 18.7 Å². The molecule has 0 saturated carbocycles. The molecule has 1 heterocycles. The Labute approximate surface area is 126 Å². The molecule has 118 valence electrons. The number of ether oxygens (including phenoxy) is 2. The zero-order valence-electron chi connectivity index (χ0n) is 11.1. The molecule has 0 unspecified atom stereocenters. The van der Waals surface area contributed by atoms with Gasteiger partial charge in [-0.1, -0.05) is 0 Å². The number of rotatable bonds is 3. The summed E-state index contributed by atoms with van der Waals surface area (Å²) in [4.78, 5) is 11.3. The van der Waals surface area contributed by atoms with Crippen LogP contribution in [0.5, 0.6) is 5.75 Å². The maximum absolute atomic E-state index is 12.4. The quantitative estimate of drug-likeness (QED) is 0.867. The largest absolute Gasteiger partial charge is 0.489 e. The number of carbonyl (C=O) groups is 1. The summed E-state index contributed by atoms with van der Waals surface area (Å²) >= 11 is 0. The van der Waals surface area contributed by atoms with Crippen molar-refractivity contribution < 1.29 is 27.4 Å². The second-order valence-corrected chi connectivity index (χ2v) is 4.48. The molecule has 1 aliphatic heterocycles. The van der Waals surface area contributed by atoms with E-state index in [1.807, 2.05) is 0 Å². The molecule has 0 bridgehead atoms. The van der Waals surface area contributed by atoms with E-state index in [9.17, 15) is 18.0 Å². The second kappa shape index (κ2) is 7.00. The molecule has 0 aromatic heterocycles. The minimum atomic E-state index is -4.36. The number of halogens is 4. The second-order valence-electron chi connectivity index (χ2n) is 4.48.